The van der Waals surface area contributed by atoms with Crippen LogP contribution < -0.4 is 10.6 Å². The number of rotatable bonds is 6. The van der Waals surface area contributed by atoms with Crippen LogP contribution in [0.3, 0.4) is 0 Å². The molecule has 0 atom stereocenters. The van der Waals surface area contributed by atoms with Gasteiger partial charge in [-0.15, -0.1) is 0 Å². The van der Waals surface area contributed by atoms with Gasteiger partial charge in [0, 0.05) is 5.69 Å². The first kappa shape index (κ1) is 17.7. The zero-order valence-corrected chi connectivity index (χ0v) is 14.8. The summed E-state index contributed by atoms with van der Waals surface area (Å²) in [6, 6.07) is 21.6. The van der Waals surface area contributed by atoms with E-state index >= 15 is 0 Å². The van der Waals surface area contributed by atoms with Crippen molar-refractivity contribution in [2.24, 2.45) is 0 Å². The third kappa shape index (κ3) is 4.48. The largest absolute Gasteiger partial charge is 0.347 e. The lowest BCUT2D eigenvalue weighted by atomic mass is 10.0. The Balaban J connectivity index is 1.54. The van der Waals surface area contributed by atoms with Crippen molar-refractivity contribution in [2.75, 3.05) is 11.9 Å². The lowest BCUT2D eigenvalue weighted by Gasteiger charge is -2.09. The molecule has 0 aliphatic carbocycles. The van der Waals surface area contributed by atoms with Gasteiger partial charge in [0.05, 0.1) is 13.0 Å². The molecular weight excluding hydrogens is 324 g/mol. The van der Waals surface area contributed by atoms with Crippen molar-refractivity contribution < 1.29 is 9.59 Å². The highest BCUT2D eigenvalue weighted by atomic mass is 16.2. The van der Waals surface area contributed by atoms with Crippen molar-refractivity contribution in [2.45, 2.75) is 19.8 Å². The predicted octanol–water partition coefficient (Wildman–Crippen LogP) is 3.70. The molecule has 3 rings (SSSR count). The first-order valence-corrected chi connectivity index (χ1v) is 8.78. The fourth-order valence-electron chi connectivity index (χ4n) is 2.89. The van der Waals surface area contributed by atoms with Crippen molar-refractivity contribution >= 4 is 28.3 Å². The Morgan fingerprint density at radius 3 is 2.35 bits per heavy atom. The minimum absolute atomic E-state index is 0.0425. The molecule has 26 heavy (non-hydrogen) atoms. The normalized spacial score (nSPS) is 10.5. The van der Waals surface area contributed by atoms with Crippen LogP contribution in [0.5, 0.6) is 0 Å². The minimum atomic E-state index is -0.236. The van der Waals surface area contributed by atoms with Gasteiger partial charge in [0.2, 0.25) is 11.8 Å². The molecule has 0 spiro atoms. The first-order valence-electron chi connectivity index (χ1n) is 8.78. The van der Waals surface area contributed by atoms with Gasteiger partial charge in [-0.05, 0) is 40.5 Å². The Morgan fingerprint density at radius 1 is 0.846 bits per heavy atom. The molecule has 0 unspecified atom stereocenters. The summed E-state index contributed by atoms with van der Waals surface area (Å²) < 4.78 is 0. The summed E-state index contributed by atoms with van der Waals surface area (Å²) in [5.41, 5.74) is 2.90. The molecule has 3 aromatic rings. The molecule has 0 saturated carbocycles. The molecule has 0 aliphatic rings. The fraction of sp³-hybridized carbons (Fsp3) is 0.182. The van der Waals surface area contributed by atoms with E-state index in [0.717, 1.165) is 28.4 Å². The van der Waals surface area contributed by atoms with Gasteiger partial charge in [0.15, 0.2) is 0 Å². The van der Waals surface area contributed by atoms with Crippen LogP contribution in [0.2, 0.25) is 0 Å². The molecule has 0 aromatic heterocycles. The Hall–Kier alpha value is -3.14. The number of hydrogen-bond donors (Lipinski definition) is 2. The quantitative estimate of drug-likeness (QED) is 0.715. The maximum Gasteiger partial charge on any atom is 0.243 e. The number of carbonyl (C=O) groups excluding carboxylic acids is 2. The summed E-state index contributed by atoms with van der Waals surface area (Å²) in [7, 11) is 0. The van der Waals surface area contributed by atoms with Crippen molar-refractivity contribution in [3.8, 4) is 0 Å². The zero-order valence-electron chi connectivity index (χ0n) is 14.8. The molecule has 3 aromatic carbocycles. The molecule has 0 aliphatic heterocycles. The van der Waals surface area contributed by atoms with Crippen molar-refractivity contribution in [3.05, 3.63) is 77.9 Å². The second kappa shape index (κ2) is 8.30. The van der Waals surface area contributed by atoms with Gasteiger partial charge in [-0.25, -0.2) is 0 Å². The number of carbonyl (C=O) groups is 2. The highest BCUT2D eigenvalue weighted by Crippen LogP contribution is 2.18. The van der Waals surface area contributed by atoms with E-state index in [-0.39, 0.29) is 24.8 Å². The number of benzene rings is 3. The van der Waals surface area contributed by atoms with Gasteiger partial charge in [0.1, 0.15) is 0 Å². The van der Waals surface area contributed by atoms with Gasteiger partial charge >= 0.3 is 0 Å². The summed E-state index contributed by atoms with van der Waals surface area (Å²) >= 11 is 0. The van der Waals surface area contributed by atoms with E-state index < -0.39 is 0 Å². The average molecular weight is 346 g/mol. The minimum Gasteiger partial charge on any atom is -0.347 e. The van der Waals surface area contributed by atoms with Crippen LogP contribution >= 0.6 is 0 Å². The third-order valence-corrected chi connectivity index (χ3v) is 4.32. The number of aryl methyl sites for hydroxylation is 1. The molecule has 2 N–H and O–H groups in total. The Bertz CT molecular complexity index is 912. The standard InChI is InChI=1S/C22H22N2O2/c1-2-16-10-12-19(13-11-16)24-22(26)15-23-21(25)14-18-8-5-7-17-6-3-4-9-20(17)18/h3-13H,2,14-15H2,1H3,(H,23,25)(H,24,26). The Kier molecular flexibility index (Phi) is 5.64. The Morgan fingerprint density at radius 2 is 1.58 bits per heavy atom. The number of nitrogens with one attached hydrogen (secondary N) is 2. The molecule has 2 amide bonds. The molecule has 0 saturated heterocycles. The fourth-order valence-corrected chi connectivity index (χ4v) is 2.89. The molecule has 0 fully saturated rings. The Labute approximate surface area is 153 Å². The summed E-state index contributed by atoms with van der Waals surface area (Å²) in [6.07, 6.45) is 1.21. The molecule has 132 valence electrons. The molecule has 0 radical (unpaired) electrons. The third-order valence-electron chi connectivity index (χ3n) is 4.32. The molecular formula is C22H22N2O2. The van der Waals surface area contributed by atoms with Crippen LogP contribution in [0.1, 0.15) is 18.1 Å². The van der Waals surface area contributed by atoms with Gasteiger partial charge < -0.3 is 10.6 Å². The van der Waals surface area contributed by atoms with Crippen LogP contribution in [0.15, 0.2) is 66.7 Å². The summed E-state index contributed by atoms with van der Waals surface area (Å²) in [6.45, 7) is 2.04. The van der Waals surface area contributed by atoms with E-state index in [2.05, 4.69) is 17.6 Å². The van der Waals surface area contributed by atoms with Crippen molar-refractivity contribution in [1.29, 1.82) is 0 Å². The van der Waals surface area contributed by atoms with Gasteiger partial charge in [-0.1, -0.05) is 61.5 Å². The highest BCUT2D eigenvalue weighted by Gasteiger charge is 2.09. The number of fused-ring (bicyclic) bond motifs is 1. The second-order valence-corrected chi connectivity index (χ2v) is 6.19. The lowest BCUT2D eigenvalue weighted by molar-refractivity contribution is -0.123. The SMILES string of the molecule is CCc1ccc(NC(=O)CNC(=O)Cc2cccc3ccccc23)cc1. The summed E-state index contributed by atoms with van der Waals surface area (Å²) in [5.74, 6) is -0.404. The number of anilines is 1. The number of hydrogen-bond acceptors (Lipinski definition) is 2. The topological polar surface area (TPSA) is 58.2 Å². The molecule has 0 bridgehead atoms. The lowest BCUT2D eigenvalue weighted by Crippen LogP contribution is -2.33. The van der Waals surface area contributed by atoms with Crippen LogP contribution in [0, 0.1) is 0 Å². The molecule has 0 heterocycles. The smallest absolute Gasteiger partial charge is 0.243 e. The van der Waals surface area contributed by atoms with Crippen LogP contribution in [0.4, 0.5) is 5.69 Å². The van der Waals surface area contributed by atoms with E-state index in [4.69, 9.17) is 0 Å². The summed E-state index contributed by atoms with van der Waals surface area (Å²) in [4.78, 5) is 24.2. The van der Waals surface area contributed by atoms with Gasteiger partial charge in [-0.3, -0.25) is 9.59 Å². The summed E-state index contributed by atoms with van der Waals surface area (Å²) in [5, 5.41) is 7.64. The van der Waals surface area contributed by atoms with Crippen LogP contribution in [0.25, 0.3) is 10.8 Å². The van der Waals surface area contributed by atoms with Crippen LogP contribution in [-0.2, 0) is 22.4 Å². The van der Waals surface area contributed by atoms with E-state index in [1.54, 1.807) is 0 Å². The van der Waals surface area contributed by atoms with E-state index in [1.807, 2.05) is 66.7 Å². The highest BCUT2D eigenvalue weighted by molar-refractivity contribution is 5.95. The van der Waals surface area contributed by atoms with E-state index in [0.29, 0.717) is 0 Å². The second-order valence-electron chi connectivity index (χ2n) is 6.19. The van der Waals surface area contributed by atoms with Crippen molar-refractivity contribution in [3.63, 3.8) is 0 Å². The average Bonchev–Trinajstić information content (AvgIpc) is 2.67. The van der Waals surface area contributed by atoms with Crippen LogP contribution in [-0.4, -0.2) is 18.4 Å². The first-order chi connectivity index (χ1) is 12.7. The van der Waals surface area contributed by atoms with Gasteiger partial charge in [0.25, 0.3) is 0 Å². The molecule has 4 heteroatoms. The zero-order chi connectivity index (χ0) is 18.4. The number of amides is 2. The van der Waals surface area contributed by atoms with Gasteiger partial charge in [-0.2, -0.15) is 0 Å². The van der Waals surface area contributed by atoms with E-state index in [9.17, 15) is 9.59 Å². The molecule has 4 nitrogen and oxygen atoms in total. The maximum absolute atomic E-state index is 12.2. The van der Waals surface area contributed by atoms with Crippen molar-refractivity contribution in [1.82, 2.24) is 5.32 Å². The predicted molar refractivity (Wildman–Crippen MR) is 105 cm³/mol. The maximum atomic E-state index is 12.2. The monoisotopic (exact) mass is 346 g/mol. The van der Waals surface area contributed by atoms with E-state index in [1.165, 1.54) is 5.56 Å².